The second kappa shape index (κ2) is 16.8. The number of fused-ring (bicyclic) bond motifs is 5. The lowest BCUT2D eigenvalue weighted by Crippen LogP contribution is -2.25. The average molecular weight is 945 g/mol. The molecule has 0 amide bonds. The zero-order valence-corrected chi connectivity index (χ0v) is 42.4. The summed E-state index contributed by atoms with van der Waals surface area (Å²) in [6.45, 7) is 20.7. The number of ether oxygens (including phenoxy) is 2. The van der Waals surface area contributed by atoms with Crippen LogP contribution < -0.4 is 19.3 Å². The molecule has 4 aliphatic rings. The molecule has 10 aromatic rings. The summed E-state index contributed by atoms with van der Waals surface area (Å²) in [6.07, 6.45) is 1.86. The van der Waals surface area contributed by atoms with Crippen molar-refractivity contribution in [1.82, 2.24) is 9.55 Å². The van der Waals surface area contributed by atoms with Gasteiger partial charge in [0.2, 0.25) is 0 Å². The summed E-state index contributed by atoms with van der Waals surface area (Å²) in [4.78, 5) is 9.94. The largest absolute Gasteiger partial charge is 0.457 e. The van der Waals surface area contributed by atoms with E-state index in [0.717, 1.165) is 61.7 Å². The van der Waals surface area contributed by atoms with E-state index in [1.807, 2.05) is 65.4 Å². The van der Waals surface area contributed by atoms with E-state index >= 15 is 0 Å². The lowest BCUT2D eigenvalue weighted by molar-refractivity contribution is 0.483. The average Bonchev–Trinajstić information content (AvgIpc) is 3.95. The van der Waals surface area contributed by atoms with E-state index in [4.69, 9.17) is 17.2 Å². The van der Waals surface area contributed by atoms with Gasteiger partial charge in [-0.1, -0.05) is 165 Å². The Bertz CT molecular complexity index is 3960. The predicted molar refractivity (Wildman–Crippen MR) is 300 cm³/mol. The zero-order valence-electron chi connectivity index (χ0n) is 46.4. The molecule has 0 atom stereocenters. The molecule has 0 radical (unpaired) electrons. The quantitative estimate of drug-likeness (QED) is 0.164. The fraction of sp³-hybridized carbons (Fsp3) is 0.197. The molecule has 0 spiro atoms. The number of aromatic nitrogens is 2. The second-order valence-electron chi connectivity index (χ2n) is 22.3. The van der Waals surface area contributed by atoms with Crippen LogP contribution >= 0.6 is 0 Å². The van der Waals surface area contributed by atoms with E-state index in [1.165, 1.54) is 11.1 Å². The summed E-state index contributed by atoms with van der Waals surface area (Å²) in [5, 5.41) is 1.07. The van der Waals surface area contributed by atoms with Gasteiger partial charge in [-0.3, -0.25) is 4.57 Å². The third-order valence-corrected chi connectivity index (χ3v) is 14.3. The summed E-state index contributed by atoms with van der Waals surface area (Å²) in [7, 11) is 0. The van der Waals surface area contributed by atoms with Crippen molar-refractivity contribution in [2.24, 2.45) is 0 Å². The highest BCUT2D eigenvalue weighted by Gasteiger charge is 2.33. The van der Waals surface area contributed by atoms with Crippen LogP contribution in [-0.4, -0.2) is 16.2 Å². The Balaban J connectivity index is 1.11. The van der Waals surface area contributed by atoms with E-state index in [0.29, 0.717) is 57.3 Å². The molecule has 0 saturated heterocycles. The number of para-hydroxylation sites is 5. The standard InChI is InChI=1S/C66H60N4O2/c1-64(2,3)44-34-43(35-45(36-44)65(4,5)6)51-23-17-22-50-42-28-30-47(31-29-42)72-61-27-15-11-21-54(61)55-40-67-62(39-56(55)66(7,8)9)70-57-24-12-10-20-52(57)53-33-32-49(38-60(53)70)71-48-19-16-18-46(37-48)68-41-69(63(50)51)59-26-14-13-25-58(59)68/h10-40H,41H2,1-9H3/i10D,12D,20D,24D. The van der Waals surface area contributed by atoms with Crippen LogP contribution in [0, 0.1) is 0 Å². The fourth-order valence-corrected chi connectivity index (χ4v) is 10.4. The smallest absolute Gasteiger partial charge is 0.137 e. The molecule has 4 aliphatic heterocycles. The van der Waals surface area contributed by atoms with Gasteiger partial charge in [-0.15, -0.1) is 0 Å². The maximum absolute atomic E-state index is 9.32. The van der Waals surface area contributed by atoms with Crippen molar-refractivity contribution in [3.63, 3.8) is 0 Å². The van der Waals surface area contributed by atoms with Crippen LogP contribution in [0.5, 0.6) is 23.0 Å². The van der Waals surface area contributed by atoms with Crippen LogP contribution in [-0.2, 0) is 16.2 Å². The van der Waals surface area contributed by atoms with Crippen molar-refractivity contribution in [2.45, 2.75) is 78.6 Å². The van der Waals surface area contributed by atoms with Crippen LogP contribution in [0.1, 0.15) is 84.5 Å². The van der Waals surface area contributed by atoms with Gasteiger partial charge in [-0.05, 0) is 111 Å². The van der Waals surface area contributed by atoms with Gasteiger partial charge < -0.3 is 19.3 Å². The van der Waals surface area contributed by atoms with Gasteiger partial charge in [0.15, 0.2) is 0 Å². The third kappa shape index (κ3) is 7.86. The SMILES string of the molecule is [2H]c1c([2H])c([2H])c2c(c1[2H])c1ccc3cc1n2-c1cc(C(C)(C)C)c(cn1)-c1ccccc1Oc1ccc(cc1)-c1cccc(-c2cc(C(C)(C)C)cc(C(C)(C)C)c2)c1N1CN(c2cccc(c2)O3)c2ccccc21. The van der Waals surface area contributed by atoms with Gasteiger partial charge in [0.25, 0.3) is 0 Å². The molecule has 72 heavy (non-hydrogen) atoms. The molecule has 6 nitrogen and oxygen atoms in total. The monoisotopic (exact) mass is 944 g/mol. The Morgan fingerprint density at radius 3 is 1.86 bits per heavy atom. The van der Waals surface area contributed by atoms with Gasteiger partial charge in [-0.25, -0.2) is 4.98 Å². The molecule has 0 aliphatic carbocycles. The summed E-state index contributed by atoms with van der Waals surface area (Å²) in [5.41, 5.74) is 14.3. The van der Waals surface area contributed by atoms with Crippen molar-refractivity contribution in [2.75, 3.05) is 16.5 Å². The van der Waals surface area contributed by atoms with Crippen LogP contribution in [0.15, 0.2) is 188 Å². The molecule has 0 N–H and O–H groups in total. The first-order valence-electron chi connectivity index (χ1n) is 26.9. The van der Waals surface area contributed by atoms with Crippen molar-refractivity contribution >= 4 is 44.6 Å². The molecule has 2 aromatic heterocycles. The fourth-order valence-electron chi connectivity index (χ4n) is 10.4. The summed E-state index contributed by atoms with van der Waals surface area (Å²) < 4.78 is 51.6. The van der Waals surface area contributed by atoms with E-state index in [1.54, 1.807) is 0 Å². The number of hydrogen-bond donors (Lipinski definition) is 0. The number of nitrogens with zero attached hydrogens (tertiary/aromatic N) is 4. The number of rotatable bonds is 1. The Labute approximate surface area is 429 Å². The lowest BCUT2D eigenvalue weighted by atomic mass is 9.78. The summed E-state index contributed by atoms with van der Waals surface area (Å²) in [6, 6.07) is 53.9. The van der Waals surface area contributed by atoms with Crippen LogP contribution in [0.3, 0.4) is 0 Å². The molecule has 14 rings (SSSR count). The van der Waals surface area contributed by atoms with Crippen molar-refractivity contribution in [3.05, 3.63) is 205 Å². The van der Waals surface area contributed by atoms with E-state index in [9.17, 15) is 2.74 Å². The third-order valence-electron chi connectivity index (χ3n) is 14.3. The molecule has 0 unspecified atom stereocenters. The first kappa shape index (κ1) is 40.6. The van der Waals surface area contributed by atoms with Crippen molar-refractivity contribution < 1.29 is 15.0 Å². The van der Waals surface area contributed by atoms with Crippen LogP contribution in [0.2, 0.25) is 0 Å². The van der Waals surface area contributed by atoms with Gasteiger partial charge in [-0.2, -0.15) is 0 Å². The van der Waals surface area contributed by atoms with Gasteiger partial charge in [0, 0.05) is 57.0 Å². The molecular formula is C66H60N4O2. The van der Waals surface area contributed by atoms with Crippen molar-refractivity contribution in [1.29, 1.82) is 0 Å². The first-order chi connectivity index (χ1) is 36.2. The van der Waals surface area contributed by atoms with Gasteiger partial charge in [0.05, 0.1) is 33.6 Å². The van der Waals surface area contributed by atoms with E-state index < -0.39 is 5.41 Å². The topological polar surface area (TPSA) is 42.8 Å². The molecular weight excluding hydrogens is 881 g/mol. The molecule has 356 valence electrons. The first-order valence-corrected chi connectivity index (χ1v) is 24.9. The van der Waals surface area contributed by atoms with Gasteiger partial charge >= 0.3 is 0 Å². The Morgan fingerprint density at radius 2 is 1.12 bits per heavy atom. The highest BCUT2D eigenvalue weighted by atomic mass is 16.5. The Kier molecular flexibility index (Phi) is 9.46. The highest BCUT2D eigenvalue weighted by molar-refractivity contribution is 6.09. The molecule has 6 heterocycles. The minimum absolute atomic E-state index is 0.0860. The maximum atomic E-state index is 9.32. The molecule has 6 heteroatoms. The predicted octanol–water partition coefficient (Wildman–Crippen LogP) is 18.2. The number of pyridine rings is 1. The number of anilines is 4. The Hall–Kier alpha value is -8.09. The summed E-state index contributed by atoms with van der Waals surface area (Å²) in [5.74, 6) is 3.04. The van der Waals surface area contributed by atoms with E-state index in [-0.39, 0.29) is 35.0 Å². The van der Waals surface area contributed by atoms with Crippen LogP contribution in [0.4, 0.5) is 22.7 Å². The van der Waals surface area contributed by atoms with E-state index in [2.05, 4.69) is 175 Å². The lowest BCUT2D eigenvalue weighted by Gasteiger charge is -2.29. The molecule has 0 fully saturated rings. The van der Waals surface area contributed by atoms with Gasteiger partial charge in [0.1, 0.15) is 35.5 Å². The molecule has 8 aromatic carbocycles. The van der Waals surface area contributed by atoms with Crippen LogP contribution in [0.25, 0.3) is 61.0 Å². The zero-order chi connectivity index (χ0) is 53.2. The highest BCUT2D eigenvalue weighted by Crippen LogP contribution is 2.52. The summed E-state index contributed by atoms with van der Waals surface area (Å²) >= 11 is 0. The number of benzene rings is 8. The Morgan fingerprint density at radius 1 is 0.486 bits per heavy atom. The number of hydrogen-bond acceptors (Lipinski definition) is 5. The molecule has 10 bridgehead atoms. The minimum atomic E-state index is -0.399. The minimum Gasteiger partial charge on any atom is -0.457 e. The molecule has 0 saturated carbocycles. The van der Waals surface area contributed by atoms with Crippen molar-refractivity contribution in [3.8, 4) is 62.2 Å². The second-order valence-corrected chi connectivity index (χ2v) is 22.3. The maximum Gasteiger partial charge on any atom is 0.137 e. The normalized spacial score (nSPS) is 14.2.